The SMILES string of the molecule is COC(=O)CCC(=O)N1CCN(c2ccccc2)CC1(C)C. The molecule has 22 heavy (non-hydrogen) atoms. The quantitative estimate of drug-likeness (QED) is 0.799. The smallest absolute Gasteiger partial charge is 0.306 e. The molecule has 1 amide bonds. The molecular formula is C17H24N2O3. The zero-order valence-electron chi connectivity index (χ0n) is 13.5. The minimum atomic E-state index is -0.339. The van der Waals surface area contributed by atoms with Gasteiger partial charge in [-0.15, -0.1) is 0 Å². The van der Waals surface area contributed by atoms with Crippen molar-refractivity contribution in [3.8, 4) is 0 Å². The molecule has 0 atom stereocenters. The van der Waals surface area contributed by atoms with Crippen LogP contribution in [0.2, 0.25) is 0 Å². The van der Waals surface area contributed by atoms with Crippen molar-refractivity contribution in [1.82, 2.24) is 4.90 Å². The average Bonchev–Trinajstić information content (AvgIpc) is 2.52. The van der Waals surface area contributed by atoms with E-state index in [4.69, 9.17) is 0 Å². The Morgan fingerprint density at radius 2 is 1.82 bits per heavy atom. The van der Waals surface area contributed by atoms with Gasteiger partial charge < -0.3 is 14.5 Å². The Morgan fingerprint density at radius 3 is 2.41 bits per heavy atom. The monoisotopic (exact) mass is 304 g/mol. The molecule has 5 nitrogen and oxygen atoms in total. The van der Waals surface area contributed by atoms with Crippen molar-refractivity contribution in [2.24, 2.45) is 0 Å². The van der Waals surface area contributed by atoms with Crippen LogP contribution in [0.4, 0.5) is 5.69 Å². The lowest BCUT2D eigenvalue weighted by Crippen LogP contribution is -2.61. The maximum atomic E-state index is 12.4. The molecule has 0 aromatic heterocycles. The van der Waals surface area contributed by atoms with E-state index in [2.05, 4.69) is 35.6 Å². The molecule has 1 aliphatic heterocycles. The van der Waals surface area contributed by atoms with Gasteiger partial charge in [-0.1, -0.05) is 18.2 Å². The summed E-state index contributed by atoms with van der Waals surface area (Å²) in [5, 5.41) is 0. The summed E-state index contributed by atoms with van der Waals surface area (Å²) in [5.41, 5.74) is 0.915. The lowest BCUT2D eigenvalue weighted by atomic mass is 9.97. The standard InChI is InChI=1S/C17H24N2O3/c1-17(2)13-18(14-7-5-4-6-8-14)11-12-19(17)15(20)9-10-16(21)22-3/h4-8H,9-13H2,1-3H3. The van der Waals surface area contributed by atoms with Gasteiger partial charge >= 0.3 is 5.97 Å². The van der Waals surface area contributed by atoms with Gasteiger partial charge in [0, 0.05) is 31.7 Å². The van der Waals surface area contributed by atoms with E-state index < -0.39 is 0 Å². The number of rotatable bonds is 4. The van der Waals surface area contributed by atoms with Gasteiger partial charge in [0.15, 0.2) is 0 Å². The molecule has 5 heteroatoms. The van der Waals surface area contributed by atoms with Crippen LogP contribution in [-0.4, -0.2) is 49.1 Å². The van der Waals surface area contributed by atoms with Gasteiger partial charge in [0.05, 0.1) is 19.1 Å². The first-order valence-electron chi connectivity index (χ1n) is 7.61. The molecule has 1 fully saturated rings. The van der Waals surface area contributed by atoms with E-state index in [1.807, 2.05) is 23.1 Å². The van der Waals surface area contributed by atoms with Gasteiger partial charge in [-0.2, -0.15) is 0 Å². The second-order valence-electron chi connectivity index (χ2n) is 6.19. The van der Waals surface area contributed by atoms with E-state index in [9.17, 15) is 9.59 Å². The maximum Gasteiger partial charge on any atom is 0.306 e. The third-order valence-corrected chi connectivity index (χ3v) is 4.10. The highest BCUT2D eigenvalue weighted by molar-refractivity contribution is 5.82. The molecule has 1 aliphatic rings. The van der Waals surface area contributed by atoms with Crippen LogP contribution in [0.5, 0.6) is 0 Å². The number of hydrogen-bond acceptors (Lipinski definition) is 4. The molecule has 0 spiro atoms. The van der Waals surface area contributed by atoms with Crippen LogP contribution in [0.15, 0.2) is 30.3 Å². The van der Waals surface area contributed by atoms with Gasteiger partial charge in [0.2, 0.25) is 5.91 Å². The normalized spacial score (nSPS) is 17.2. The fourth-order valence-corrected chi connectivity index (χ4v) is 2.92. The Kier molecular flexibility index (Phi) is 5.06. The molecule has 120 valence electrons. The number of nitrogens with zero attached hydrogens (tertiary/aromatic N) is 2. The van der Waals surface area contributed by atoms with E-state index in [1.165, 1.54) is 12.8 Å². The van der Waals surface area contributed by atoms with Crippen molar-refractivity contribution in [3.63, 3.8) is 0 Å². The number of amides is 1. The number of piperazine rings is 1. The second-order valence-corrected chi connectivity index (χ2v) is 6.19. The van der Waals surface area contributed by atoms with Crippen LogP contribution in [0.3, 0.4) is 0 Å². The van der Waals surface area contributed by atoms with Crippen molar-refractivity contribution >= 4 is 17.6 Å². The summed E-state index contributed by atoms with van der Waals surface area (Å²) in [5.74, 6) is -0.322. The molecule has 0 saturated carbocycles. The average molecular weight is 304 g/mol. The van der Waals surface area contributed by atoms with Crippen molar-refractivity contribution in [2.75, 3.05) is 31.6 Å². The largest absolute Gasteiger partial charge is 0.469 e. The first kappa shape index (κ1) is 16.3. The second kappa shape index (κ2) is 6.81. The molecule has 2 rings (SSSR count). The number of ether oxygens (including phenoxy) is 1. The first-order valence-corrected chi connectivity index (χ1v) is 7.61. The minimum Gasteiger partial charge on any atom is -0.469 e. The third kappa shape index (κ3) is 3.78. The lowest BCUT2D eigenvalue weighted by Gasteiger charge is -2.48. The Labute approximate surface area is 131 Å². The number of hydrogen-bond donors (Lipinski definition) is 0. The molecule has 1 heterocycles. The molecule has 0 unspecified atom stereocenters. The van der Waals surface area contributed by atoms with Gasteiger partial charge in [0.1, 0.15) is 0 Å². The van der Waals surface area contributed by atoms with E-state index in [-0.39, 0.29) is 30.3 Å². The van der Waals surface area contributed by atoms with Gasteiger partial charge in [-0.3, -0.25) is 9.59 Å². The van der Waals surface area contributed by atoms with Gasteiger partial charge in [-0.25, -0.2) is 0 Å². The molecule has 0 radical (unpaired) electrons. The van der Waals surface area contributed by atoms with E-state index in [0.29, 0.717) is 6.54 Å². The third-order valence-electron chi connectivity index (χ3n) is 4.10. The summed E-state index contributed by atoms with van der Waals surface area (Å²) < 4.78 is 4.60. The summed E-state index contributed by atoms with van der Waals surface area (Å²) in [6, 6.07) is 10.2. The molecule has 0 bridgehead atoms. The topological polar surface area (TPSA) is 49.9 Å². The first-order chi connectivity index (χ1) is 10.4. The molecule has 0 N–H and O–H groups in total. The molecule has 1 saturated heterocycles. The Bertz CT molecular complexity index is 528. The molecule has 1 aromatic carbocycles. The number of anilines is 1. The number of methoxy groups -OCH3 is 1. The number of esters is 1. The Hall–Kier alpha value is -2.04. The number of benzene rings is 1. The molecular weight excluding hydrogens is 280 g/mol. The summed E-state index contributed by atoms with van der Waals surface area (Å²) >= 11 is 0. The minimum absolute atomic E-state index is 0.0168. The van der Waals surface area contributed by atoms with Crippen LogP contribution in [-0.2, 0) is 14.3 Å². The van der Waals surface area contributed by atoms with Crippen molar-refractivity contribution in [1.29, 1.82) is 0 Å². The van der Waals surface area contributed by atoms with Crippen molar-refractivity contribution in [3.05, 3.63) is 30.3 Å². The number of carbonyl (C=O) groups is 2. The fourth-order valence-electron chi connectivity index (χ4n) is 2.92. The summed E-state index contributed by atoms with van der Waals surface area (Å²) in [4.78, 5) is 27.8. The van der Waals surface area contributed by atoms with Crippen molar-refractivity contribution in [2.45, 2.75) is 32.2 Å². The highest BCUT2D eigenvalue weighted by Gasteiger charge is 2.36. The number of carbonyl (C=O) groups excluding carboxylic acids is 2. The van der Waals surface area contributed by atoms with E-state index in [1.54, 1.807) is 0 Å². The predicted octanol–water partition coefficient (Wildman–Crippen LogP) is 2.07. The Balaban J connectivity index is 1.99. The summed E-state index contributed by atoms with van der Waals surface area (Å²) in [6.45, 7) is 6.39. The van der Waals surface area contributed by atoms with Gasteiger partial charge in [-0.05, 0) is 26.0 Å². The Morgan fingerprint density at radius 1 is 1.14 bits per heavy atom. The predicted molar refractivity (Wildman–Crippen MR) is 85.7 cm³/mol. The zero-order chi connectivity index (χ0) is 16.2. The highest BCUT2D eigenvalue weighted by atomic mass is 16.5. The lowest BCUT2D eigenvalue weighted by molar-refractivity contribution is -0.145. The molecule has 1 aromatic rings. The van der Waals surface area contributed by atoms with E-state index in [0.717, 1.165) is 13.1 Å². The highest BCUT2D eigenvalue weighted by Crippen LogP contribution is 2.26. The fraction of sp³-hybridized carbons (Fsp3) is 0.529. The van der Waals surface area contributed by atoms with Crippen LogP contribution in [0.1, 0.15) is 26.7 Å². The number of para-hydroxylation sites is 1. The van der Waals surface area contributed by atoms with Crippen LogP contribution < -0.4 is 4.90 Å². The van der Waals surface area contributed by atoms with E-state index >= 15 is 0 Å². The summed E-state index contributed by atoms with van der Waals surface area (Å²) in [7, 11) is 1.34. The van der Waals surface area contributed by atoms with Crippen LogP contribution in [0.25, 0.3) is 0 Å². The van der Waals surface area contributed by atoms with Crippen LogP contribution in [0, 0.1) is 0 Å². The summed E-state index contributed by atoms with van der Waals surface area (Å²) in [6.07, 6.45) is 0.353. The molecule has 0 aliphatic carbocycles. The zero-order valence-corrected chi connectivity index (χ0v) is 13.5. The van der Waals surface area contributed by atoms with Crippen molar-refractivity contribution < 1.29 is 14.3 Å². The van der Waals surface area contributed by atoms with Gasteiger partial charge in [0.25, 0.3) is 0 Å². The maximum absolute atomic E-state index is 12.4. The van der Waals surface area contributed by atoms with Crippen LogP contribution >= 0.6 is 0 Å².